The predicted octanol–water partition coefficient (Wildman–Crippen LogP) is 3.25. The molecule has 1 aromatic carbocycles. The molecule has 1 aliphatic rings. The molecule has 4 nitrogen and oxygen atoms in total. The van der Waals surface area contributed by atoms with E-state index in [-0.39, 0.29) is 5.88 Å². The second kappa shape index (κ2) is 9.38. The lowest BCUT2D eigenvalue weighted by molar-refractivity contribution is 0.0300. The summed E-state index contributed by atoms with van der Waals surface area (Å²) in [6, 6.07) is 9.97. The van der Waals surface area contributed by atoms with E-state index in [1.54, 1.807) is 0 Å². The summed E-state index contributed by atoms with van der Waals surface area (Å²) in [5, 5.41) is 19.3. The summed E-state index contributed by atoms with van der Waals surface area (Å²) >= 11 is 0. The Morgan fingerprint density at radius 2 is 2.00 bits per heavy atom. The van der Waals surface area contributed by atoms with Crippen LogP contribution < -0.4 is 0 Å². The Kier molecular flexibility index (Phi) is 7.17. The van der Waals surface area contributed by atoms with Gasteiger partial charge < -0.3 is 19.8 Å². The number of nitrogens with zero attached hydrogens (tertiary/aromatic N) is 1. The first-order chi connectivity index (χ1) is 11.1. The molecule has 2 N–H and O–H groups in total. The van der Waals surface area contributed by atoms with Crippen LogP contribution in [0.3, 0.4) is 0 Å². The summed E-state index contributed by atoms with van der Waals surface area (Å²) in [6.45, 7) is 6.12. The highest BCUT2D eigenvalue weighted by Crippen LogP contribution is 2.20. The summed E-state index contributed by atoms with van der Waals surface area (Å²) in [5.74, 6) is 0.682. The molecule has 0 aliphatic carbocycles. The maximum Gasteiger partial charge on any atom is 0.179 e. The number of allylic oxidation sites excluding steroid dienone is 1. The highest BCUT2D eigenvalue weighted by atomic mass is 16.5. The molecule has 0 saturated carbocycles. The van der Waals surface area contributed by atoms with Crippen LogP contribution in [-0.4, -0.2) is 40.9 Å². The number of hydrogen-bond acceptors (Lipinski definition) is 4. The number of ether oxygens (including phenoxy) is 1. The number of hydrogen-bond donors (Lipinski definition) is 2. The summed E-state index contributed by atoms with van der Waals surface area (Å²) in [5.41, 5.74) is 1.12. The first kappa shape index (κ1) is 17.6. The predicted molar refractivity (Wildman–Crippen MR) is 91.9 cm³/mol. The molecule has 1 heterocycles. The second-order valence-electron chi connectivity index (χ2n) is 6.06. The van der Waals surface area contributed by atoms with Gasteiger partial charge in [0.1, 0.15) is 0 Å². The molecule has 0 amide bonds. The summed E-state index contributed by atoms with van der Waals surface area (Å²) in [7, 11) is 0. The van der Waals surface area contributed by atoms with Gasteiger partial charge in [-0.3, -0.25) is 0 Å². The molecule has 23 heavy (non-hydrogen) atoms. The average molecular weight is 317 g/mol. The van der Waals surface area contributed by atoms with E-state index in [0.717, 1.165) is 31.5 Å². The lowest BCUT2D eigenvalue weighted by Gasteiger charge is -2.30. The van der Waals surface area contributed by atoms with E-state index in [9.17, 15) is 10.2 Å². The van der Waals surface area contributed by atoms with Crippen molar-refractivity contribution in [3.63, 3.8) is 0 Å². The van der Waals surface area contributed by atoms with Gasteiger partial charge >= 0.3 is 0 Å². The molecule has 1 aromatic rings. The van der Waals surface area contributed by atoms with Gasteiger partial charge in [-0.1, -0.05) is 42.5 Å². The van der Waals surface area contributed by atoms with Gasteiger partial charge in [0.05, 0.1) is 19.3 Å². The number of aliphatic hydroxyl groups is 2. The Balaban J connectivity index is 1.59. The maximum atomic E-state index is 9.94. The Morgan fingerprint density at radius 1 is 1.30 bits per heavy atom. The van der Waals surface area contributed by atoms with Crippen molar-refractivity contribution in [3.8, 4) is 0 Å². The molecule has 2 rings (SSSR count). The first-order valence-electron chi connectivity index (χ1n) is 8.24. The van der Waals surface area contributed by atoms with E-state index in [4.69, 9.17) is 4.74 Å². The number of piperidine rings is 1. The molecular formula is C19H27NO3. The number of aliphatic hydroxyl groups excluding tert-OH is 2. The molecule has 4 heteroatoms. The fraction of sp³-hybridized carbons (Fsp3) is 0.474. The number of rotatable bonds is 8. The third-order valence-electron chi connectivity index (χ3n) is 4.14. The van der Waals surface area contributed by atoms with Crippen molar-refractivity contribution >= 4 is 0 Å². The Morgan fingerprint density at radius 3 is 2.65 bits per heavy atom. The van der Waals surface area contributed by atoms with E-state index in [0.29, 0.717) is 25.6 Å². The highest BCUT2D eigenvalue weighted by molar-refractivity contribution is 5.13. The van der Waals surface area contributed by atoms with Crippen LogP contribution in [0.1, 0.15) is 24.8 Å². The van der Waals surface area contributed by atoms with Crippen molar-refractivity contribution in [3.05, 3.63) is 60.5 Å². The lowest BCUT2D eigenvalue weighted by Crippen LogP contribution is -2.32. The summed E-state index contributed by atoms with van der Waals surface area (Å²) < 4.78 is 5.54. The smallest absolute Gasteiger partial charge is 0.179 e. The van der Waals surface area contributed by atoms with E-state index < -0.39 is 6.10 Å². The largest absolute Gasteiger partial charge is 0.495 e. The zero-order valence-electron chi connectivity index (χ0n) is 13.6. The van der Waals surface area contributed by atoms with Crippen molar-refractivity contribution in [2.75, 3.05) is 19.7 Å². The quantitative estimate of drug-likeness (QED) is 0.571. The molecule has 1 atom stereocenters. The van der Waals surface area contributed by atoms with Crippen LogP contribution >= 0.6 is 0 Å². The van der Waals surface area contributed by atoms with Crippen molar-refractivity contribution in [1.82, 2.24) is 4.90 Å². The van der Waals surface area contributed by atoms with Gasteiger partial charge in [0.25, 0.3) is 0 Å². The van der Waals surface area contributed by atoms with Gasteiger partial charge in [0, 0.05) is 13.1 Å². The van der Waals surface area contributed by atoms with E-state index in [1.165, 1.54) is 0 Å². The van der Waals surface area contributed by atoms with Crippen LogP contribution in [0.2, 0.25) is 0 Å². The summed E-state index contributed by atoms with van der Waals surface area (Å²) in [4.78, 5) is 1.90. The summed E-state index contributed by atoms with van der Waals surface area (Å²) in [6.07, 6.45) is 6.39. The molecule has 0 unspecified atom stereocenters. The van der Waals surface area contributed by atoms with Crippen LogP contribution in [0.15, 0.2) is 54.9 Å². The molecule has 0 radical (unpaired) electrons. The van der Waals surface area contributed by atoms with Crippen LogP contribution in [0.5, 0.6) is 0 Å². The van der Waals surface area contributed by atoms with E-state index in [1.807, 2.05) is 41.3 Å². The SMILES string of the molecule is C=C(O)N1CCC(/C=C\C[C@@H](O)COCc2ccccc2)CC1. The molecule has 1 fully saturated rings. The fourth-order valence-corrected chi connectivity index (χ4v) is 2.73. The van der Waals surface area contributed by atoms with Gasteiger partial charge in [-0.2, -0.15) is 0 Å². The van der Waals surface area contributed by atoms with Gasteiger partial charge in [0.15, 0.2) is 5.88 Å². The first-order valence-corrected chi connectivity index (χ1v) is 8.24. The standard InChI is InChI=1S/C19H27NO3/c1-16(21)20-12-10-17(11-13-20)8-5-9-19(22)15-23-14-18-6-3-2-4-7-18/h2-8,17,19,21-22H,1,9-15H2/b8-5-/t19-/m1/s1. The van der Waals surface area contributed by atoms with Gasteiger partial charge in [-0.25, -0.2) is 0 Å². The maximum absolute atomic E-state index is 9.94. The fourth-order valence-electron chi connectivity index (χ4n) is 2.73. The molecule has 0 aromatic heterocycles. The third kappa shape index (κ3) is 6.47. The third-order valence-corrected chi connectivity index (χ3v) is 4.14. The zero-order chi connectivity index (χ0) is 16.5. The van der Waals surface area contributed by atoms with Gasteiger partial charge in [-0.15, -0.1) is 0 Å². The Labute approximate surface area is 138 Å². The van der Waals surface area contributed by atoms with Crippen molar-refractivity contribution in [2.45, 2.75) is 32.0 Å². The van der Waals surface area contributed by atoms with E-state index >= 15 is 0 Å². The van der Waals surface area contributed by atoms with Crippen LogP contribution in [0.4, 0.5) is 0 Å². The van der Waals surface area contributed by atoms with Crippen molar-refractivity contribution < 1.29 is 14.9 Å². The Bertz CT molecular complexity index is 493. The highest BCUT2D eigenvalue weighted by Gasteiger charge is 2.17. The lowest BCUT2D eigenvalue weighted by atomic mass is 9.96. The zero-order valence-corrected chi connectivity index (χ0v) is 13.6. The molecule has 0 spiro atoms. The minimum Gasteiger partial charge on any atom is -0.495 e. The minimum absolute atomic E-state index is 0.165. The van der Waals surface area contributed by atoms with Crippen molar-refractivity contribution in [2.24, 2.45) is 5.92 Å². The average Bonchev–Trinajstić information content (AvgIpc) is 2.56. The number of benzene rings is 1. The number of likely N-dealkylation sites (tertiary alicyclic amines) is 1. The van der Waals surface area contributed by atoms with Gasteiger partial charge in [0.2, 0.25) is 0 Å². The van der Waals surface area contributed by atoms with Crippen LogP contribution in [0, 0.1) is 5.92 Å². The minimum atomic E-state index is -0.465. The van der Waals surface area contributed by atoms with E-state index in [2.05, 4.69) is 12.7 Å². The monoisotopic (exact) mass is 317 g/mol. The second-order valence-corrected chi connectivity index (χ2v) is 6.06. The van der Waals surface area contributed by atoms with Crippen LogP contribution in [-0.2, 0) is 11.3 Å². The molecule has 0 bridgehead atoms. The van der Waals surface area contributed by atoms with Crippen molar-refractivity contribution in [1.29, 1.82) is 0 Å². The molecule has 1 saturated heterocycles. The normalized spacial score (nSPS) is 17.5. The van der Waals surface area contributed by atoms with Gasteiger partial charge in [-0.05, 0) is 37.3 Å². The topological polar surface area (TPSA) is 52.9 Å². The van der Waals surface area contributed by atoms with Crippen LogP contribution in [0.25, 0.3) is 0 Å². The molecule has 1 aliphatic heterocycles. The molecular weight excluding hydrogens is 290 g/mol. The Hall–Kier alpha value is -1.78. The molecule has 126 valence electrons.